The van der Waals surface area contributed by atoms with Crippen LogP contribution in [0.25, 0.3) is 0 Å². The Morgan fingerprint density at radius 1 is 0.947 bits per heavy atom. The molecule has 0 heterocycles. The number of rotatable bonds is 4. The van der Waals surface area contributed by atoms with Gasteiger partial charge in [0.15, 0.2) is 11.6 Å². The molecule has 0 fully saturated rings. The zero-order valence-corrected chi connectivity index (χ0v) is 10.00. The van der Waals surface area contributed by atoms with E-state index in [1.165, 1.54) is 18.2 Å². The van der Waals surface area contributed by atoms with Gasteiger partial charge in [0.1, 0.15) is 18.2 Å². The monoisotopic (exact) mass is 267 g/mol. The first-order chi connectivity index (χ1) is 9.11. The van der Waals surface area contributed by atoms with Crippen molar-refractivity contribution in [1.82, 2.24) is 0 Å². The summed E-state index contributed by atoms with van der Waals surface area (Å²) in [5, 5.41) is 0. The molecule has 0 unspecified atom stereocenters. The van der Waals surface area contributed by atoms with Crippen LogP contribution in [0, 0.1) is 17.5 Å². The van der Waals surface area contributed by atoms with E-state index in [4.69, 9.17) is 10.5 Å². The molecule has 0 saturated carbocycles. The van der Waals surface area contributed by atoms with Crippen molar-refractivity contribution in [2.45, 2.75) is 13.2 Å². The minimum atomic E-state index is -0.731. The van der Waals surface area contributed by atoms with Crippen molar-refractivity contribution in [2.24, 2.45) is 5.73 Å². The molecule has 0 amide bonds. The highest BCUT2D eigenvalue weighted by atomic mass is 19.1. The van der Waals surface area contributed by atoms with Gasteiger partial charge in [0, 0.05) is 23.7 Å². The van der Waals surface area contributed by atoms with Crippen molar-refractivity contribution in [1.29, 1.82) is 0 Å². The van der Waals surface area contributed by atoms with Crippen LogP contribution in [0.5, 0.6) is 5.75 Å². The second-order valence-corrected chi connectivity index (χ2v) is 3.96. The minimum absolute atomic E-state index is 0.00581. The van der Waals surface area contributed by atoms with Crippen LogP contribution in [0.1, 0.15) is 11.1 Å². The lowest BCUT2D eigenvalue weighted by atomic mass is 10.2. The molecule has 2 aromatic rings. The molecule has 0 aromatic heterocycles. The van der Waals surface area contributed by atoms with Gasteiger partial charge in [-0.1, -0.05) is 12.1 Å². The average molecular weight is 267 g/mol. The van der Waals surface area contributed by atoms with Gasteiger partial charge in [-0.2, -0.15) is 0 Å². The first-order valence-corrected chi connectivity index (χ1v) is 5.66. The van der Waals surface area contributed by atoms with Crippen molar-refractivity contribution >= 4 is 0 Å². The molecule has 0 aliphatic carbocycles. The fourth-order valence-electron chi connectivity index (χ4n) is 1.66. The van der Waals surface area contributed by atoms with Crippen LogP contribution in [0.2, 0.25) is 0 Å². The Bertz CT molecular complexity index is 587. The highest BCUT2D eigenvalue weighted by molar-refractivity contribution is 5.35. The molecule has 0 bridgehead atoms. The van der Waals surface area contributed by atoms with Gasteiger partial charge in [0.2, 0.25) is 0 Å². The number of ether oxygens (including phenoxy) is 1. The minimum Gasteiger partial charge on any atom is -0.485 e. The molecule has 0 aliphatic heterocycles. The van der Waals surface area contributed by atoms with E-state index in [0.717, 1.165) is 12.1 Å². The van der Waals surface area contributed by atoms with Crippen molar-refractivity contribution in [3.05, 3.63) is 65.0 Å². The molecule has 0 saturated heterocycles. The average Bonchev–Trinajstić information content (AvgIpc) is 2.39. The Morgan fingerprint density at radius 2 is 1.74 bits per heavy atom. The van der Waals surface area contributed by atoms with E-state index in [2.05, 4.69) is 0 Å². The molecule has 19 heavy (non-hydrogen) atoms. The van der Waals surface area contributed by atoms with Crippen LogP contribution in [-0.4, -0.2) is 0 Å². The topological polar surface area (TPSA) is 35.2 Å². The number of hydrogen-bond donors (Lipinski definition) is 1. The zero-order chi connectivity index (χ0) is 13.8. The van der Waals surface area contributed by atoms with Crippen molar-refractivity contribution in [2.75, 3.05) is 0 Å². The smallest absolute Gasteiger partial charge is 0.165 e. The third-order valence-electron chi connectivity index (χ3n) is 2.66. The third-order valence-corrected chi connectivity index (χ3v) is 2.66. The van der Waals surface area contributed by atoms with Crippen LogP contribution in [0.3, 0.4) is 0 Å². The largest absolute Gasteiger partial charge is 0.485 e. The summed E-state index contributed by atoms with van der Waals surface area (Å²) >= 11 is 0. The predicted octanol–water partition coefficient (Wildman–Crippen LogP) is 3.14. The lowest BCUT2D eigenvalue weighted by Gasteiger charge is -2.11. The van der Waals surface area contributed by atoms with Gasteiger partial charge in [-0.25, -0.2) is 13.2 Å². The molecule has 0 spiro atoms. The summed E-state index contributed by atoms with van der Waals surface area (Å²) in [6.07, 6.45) is 0. The lowest BCUT2D eigenvalue weighted by Crippen LogP contribution is -2.05. The van der Waals surface area contributed by atoms with Crippen molar-refractivity contribution < 1.29 is 17.9 Å². The van der Waals surface area contributed by atoms with Gasteiger partial charge < -0.3 is 10.5 Å². The Morgan fingerprint density at radius 3 is 2.42 bits per heavy atom. The molecule has 0 aliphatic rings. The summed E-state index contributed by atoms with van der Waals surface area (Å²) < 4.78 is 45.0. The maximum atomic E-state index is 13.6. The first-order valence-electron chi connectivity index (χ1n) is 5.66. The first kappa shape index (κ1) is 13.4. The molecule has 2 N–H and O–H groups in total. The highest BCUT2D eigenvalue weighted by Crippen LogP contribution is 2.23. The SMILES string of the molecule is NCc1cccc(F)c1OCc1ccc(F)cc1F. The molecular weight excluding hydrogens is 255 g/mol. The Labute approximate surface area is 108 Å². The summed E-state index contributed by atoms with van der Waals surface area (Å²) in [4.78, 5) is 0. The standard InChI is InChI=1S/C14H12F3NO/c15-11-5-4-10(13(17)6-11)8-19-14-9(7-18)2-1-3-12(14)16/h1-6H,7-8,18H2. The van der Waals surface area contributed by atoms with Crippen LogP contribution in [-0.2, 0) is 13.2 Å². The van der Waals surface area contributed by atoms with Crippen molar-refractivity contribution in [3.8, 4) is 5.75 Å². The maximum Gasteiger partial charge on any atom is 0.165 e. The normalized spacial score (nSPS) is 10.5. The fraction of sp³-hybridized carbons (Fsp3) is 0.143. The number of para-hydroxylation sites is 1. The van der Waals surface area contributed by atoms with E-state index < -0.39 is 17.5 Å². The van der Waals surface area contributed by atoms with E-state index >= 15 is 0 Å². The summed E-state index contributed by atoms with van der Waals surface area (Å²) in [5.41, 5.74) is 6.10. The molecule has 100 valence electrons. The summed E-state index contributed by atoms with van der Waals surface area (Å²) in [6.45, 7) is -0.0843. The van der Waals surface area contributed by atoms with Crippen LogP contribution >= 0.6 is 0 Å². The van der Waals surface area contributed by atoms with E-state index in [1.807, 2.05) is 0 Å². The maximum absolute atomic E-state index is 13.6. The zero-order valence-electron chi connectivity index (χ0n) is 10.00. The number of halogens is 3. The molecule has 2 aromatic carbocycles. The summed E-state index contributed by atoms with van der Waals surface area (Å²) in [7, 11) is 0. The predicted molar refractivity (Wildman–Crippen MR) is 65.0 cm³/mol. The molecule has 0 atom stereocenters. The molecule has 2 nitrogen and oxygen atoms in total. The van der Waals surface area contributed by atoms with Gasteiger partial charge in [0.05, 0.1) is 0 Å². The fourth-order valence-corrected chi connectivity index (χ4v) is 1.66. The van der Waals surface area contributed by atoms with Crippen LogP contribution < -0.4 is 10.5 Å². The van der Waals surface area contributed by atoms with E-state index in [-0.39, 0.29) is 24.5 Å². The van der Waals surface area contributed by atoms with Crippen LogP contribution in [0.15, 0.2) is 36.4 Å². The number of hydrogen-bond acceptors (Lipinski definition) is 2. The van der Waals surface area contributed by atoms with Crippen LogP contribution in [0.4, 0.5) is 13.2 Å². The van der Waals surface area contributed by atoms with E-state index in [9.17, 15) is 13.2 Å². The Kier molecular flexibility index (Phi) is 4.06. The Hall–Kier alpha value is -2.01. The van der Waals surface area contributed by atoms with Gasteiger partial charge >= 0.3 is 0 Å². The summed E-state index contributed by atoms with van der Waals surface area (Å²) in [5.74, 6) is -1.97. The van der Waals surface area contributed by atoms with E-state index in [0.29, 0.717) is 5.56 Å². The van der Waals surface area contributed by atoms with Gasteiger partial charge in [0.25, 0.3) is 0 Å². The quantitative estimate of drug-likeness (QED) is 0.923. The molecule has 5 heteroatoms. The number of benzene rings is 2. The van der Waals surface area contributed by atoms with Gasteiger partial charge in [-0.15, -0.1) is 0 Å². The second-order valence-electron chi connectivity index (χ2n) is 3.96. The molecule has 2 rings (SSSR count). The highest BCUT2D eigenvalue weighted by Gasteiger charge is 2.10. The van der Waals surface area contributed by atoms with E-state index in [1.54, 1.807) is 6.07 Å². The number of nitrogens with two attached hydrogens (primary N) is 1. The Balaban J connectivity index is 2.19. The summed E-state index contributed by atoms with van der Waals surface area (Å²) in [6, 6.07) is 7.50. The third kappa shape index (κ3) is 3.06. The van der Waals surface area contributed by atoms with Gasteiger partial charge in [-0.3, -0.25) is 0 Å². The molecular formula is C14H12F3NO. The van der Waals surface area contributed by atoms with Gasteiger partial charge in [-0.05, 0) is 18.2 Å². The van der Waals surface area contributed by atoms with Crippen molar-refractivity contribution in [3.63, 3.8) is 0 Å². The second kappa shape index (κ2) is 5.75. The molecule has 0 radical (unpaired) electrons. The lowest BCUT2D eigenvalue weighted by molar-refractivity contribution is 0.281.